The third kappa shape index (κ3) is 5.01. The summed E-state index contributed by atoms with van der Waals surface area (Å²) in [5, 5.41) is 8.66. The molecule has 0 aromatic heterocycles. The van der Waals surface area contributed by atoms with Crippen LogP contribution in [0.4, 0.5) is 0 Å². The molecule has 18 heavy (non-hydrogen) atoms. The van der Waals surface area contributed by atoms with Crippen molar-refractivity contribution in [2.24, 2.45) is 5.92 Å². The van der Waals surface area contributed by atoms with Crippen LogP contribution in [-0.4, -0.2) is 61.9 Å². The highest BCUT2D eigenvalue weighted by Gasteiger charge is 2.29. The molecule has 1 heterocycles. The van der Waals surface area contributed by atoms with E-state index < -0.39 is 10.0 Å². The number of sulfonamides is 1. The van der Waals surface area contributed by atoms with Crippen molar-refractivity contribution in [2.45, 2.75) is 25.9 Å². The number of aliphatic hydroxyl groups is 1. The molecule has 0 amide bonds. The van der Waals surface area contributed by atoms with E-state index in [0.29, 0.717) is 38.4 Å². The molecule has 1 saturated heterocycles. The first-order valence-electron chi connectivity index (χ1n) is 6.26. The van der Waals surface area contributed by atoms with Crippen molar-refractivity contribution >= 4 is 21.6 Å². The largest absolute Gasteiger partial charge is 0.394 e. The molecule has 1 aliphatic rings. The Morgan fingerprint density at radius 1 is 1.44 bits per heavy atom. The Hall–Kier alpha value is 0.120. The first-order chi connectivity index (χ1) is 8.49. The van der Waals surface area contributed by atoms with E-state index >= 15 is 0 Å². The summed E-state index contributed by atoms with van der Waals surface area (Å²) in [6.45, 7) is 3.15. The highest BCUT2D eigenvalue weighted by atomic mass is 35.5. The van der Waals surface area contributed by atoms with Crippen LogP contribution in [0.1, 0.15) is 19.8 Å². The molecule has 0 saturated carbocycles. The van der Waals surface area contributed by atoms with Crippen molar-refractivity contribution in [2.75, 3.05) is 37.9 Å². The van der Waals surface area contributed by atoms with E-state index in [1.165, 1.54) is 4.31 Å². The Morgan fingerprint density at radius 2 is 2.06 bits per heavy atom. The normalized spacial score (nSPS) is 21.1. The number of hydrogen-bond donors (Lipinski definition) is 1. The number of nitrogens with zero attached hydrogens (tertiary/aromatic N) is 1. The topological polar surface area (TPSA) is 66.8 Å². The monoisotopic (exact) mass is 299 g/mol. The van der Waals surface area contributed by atoms with Crippen LogP contribution < -0.4 is 0 Å². The van der Waals surface area contributed by atoms with Gasteiger partial charge in [0.25, 0.3) is 0 Å². The maximum Gasteiger partial charge on any atom is 0.214 e. The van der Waals surface area contributed by atoms with Gasteiger partial charge < -0.3 is 9.84 Å². The minimum absolute atomic E-state index is 0.00570. The van der Waals surface area contributed by atoms with Crippen LogP contribution in [-0.2, 0) is 14.8 Å². The smallest absolute Gasteiger partial charge is 0.214 e. The minimum Gasteiger partial charge on any atom is -0.394 e. The van der Waals surface area contributed by atoms with E-state index in [-0.39, 0.29) is 24.4 Å². The van der Waals surface area contributed by atoms with Crippen molar-refractivity contribution in [1.29, 1.82) is 0 Å². The van der Waals surface area contributed by atoms with Gasteiger partial charge in [-0.1, -0.05) is 6.92 Å². The summed E-state index contributed by atoms with van der Waals surface area (Å²) in [6.07, 6.45) is 1.44. The van der Waals surface area contributed by atoms with Gasteiger partial charge >= 0.3 is 0 Å². The molecule has 0 bridgehead atoms. The van der Waals surface area contributed by atoms with Gasteiger partial charge in [0.2, 0.25) is 10.0 Å². The zero-order valence-electron chi connectivity index (χ0n) is 10.7. The van der Waals surface area contributed by atoms with Crippen molar-refractivity contribution in [3.05, 3.63) is 0 Å². The van der Waals surface area contributed by atoms with Crippen LogP contribution in [0.15, 0.2) is 0 Å². The standard InChI is InChI=1S/C11H22ClNO4S/c1-10(8-12)9-18(15,16)13-4-2-11(3-5-13)17-7-6-14/h10-11,14H,2-9H2,1H3. The molecule has 5 nitrogen and oxygen atoms in total. The van der Waals surface area contributed by atoms with Gasteiger partial charge in [0.05, 0.1) is 25.1 Å². The van der Waals surface area contributed by atoms with E-state index in [2.05, 4.69) is 0 Å². The Kier molecular flexibility index (Phi) is 6.87. The Labute approximate surface area is 114 Å². The summed E-state index contributed by atoms with van der Waals surface area (Å²) in [5.74, 6) is 0.438. The SMILES string of the molecule is CC(CCl)CS(=O)(=O)N1CCC(OCCO)CC1. The molecule has 0 aromatic rings. The lowest BCUT2D eigenvalue weighted by Gasteiger charge is -2.31. The fourth-order valence-electron chi connectivity index (χ4n) is 2.01. The first kappa shape index (κ1) is 16.2. The van der Waals surface area contributed by atoms with E-state index in [9.17, 15) is 8.42 Å². The molecule has 1 fully saturated rings. The number of rotatable bonds is 7. The molecule has 108 valence electrons. The molecule has 7 heteroatoms. The van der Waals surface area contributed by atoms with Crippen LogP contribution in [0.25, 0.3) is 0 Å². The summed E-state index contributed by atoms with van der Waals surface area (Å²) in [7, 11) is -3.19. The molecular formula is C11H22ClNO4S. The first-order valence-corrected chi connectivity index (χ1v) is 8.40. The van der Waals surface area contributed by atoms with Gasteiger partial charge in [0.15, 0.2) is 0 Å². The lowest BCUT2D eigenvalue weighted by molar-refractivity contribution is 0.00317. The summed E-state index contributed by atoms with van der Waals surface area (Å²) >= 11 is 5.65. The van der Waals surface area contributed by atoms with Crippen molar-refractivity contribution in [1.82, 2.24) is 4.31 Å². The van der Waals surface area contributed by atoms with Crippen LogP contribution >= 0.6 is 11.6 Å². The predicted octanol–water partition coefficient (Wildman–Crippen LogP) is 0.664. The van der Waals surface area contributed by atoms with Gasteiger partial charge in [-0.05, 0) is 18.8 Å². The summed E-state index contributed by atoms with van der Waals surface area (Å²) < 4.78 is 31.0. The summed E-state index contributed by atoms with van der Waals surface area (Å²) in [6, 6.07) is 0. The average molecular weight is 300 g/mol. The number of halogens is 1. The molecule has 0 spiro atoms. The quantitative estimate of drug-likeness (QED) is 0.702. The number of alkyl halides is 1. The van der Waals surface area contributed by atoms with Gasteiger partial charge in [0.1, 0.15) is 0 Å². The Morgan fingerprint density at radius 3 is 2.56 bits per heavy atom. The fourth-order valence-corrected chi connectivity index (χ4v) is 4.06. The predicted molar refractivity (Wildman–Crippen MR) is 71.3 cm³/mol. The summed E-state index contributed by atoms with van der Waals surface area (Å²) in [5.41, 5.74) is 0. The maximum absolute atomic E-state index is 12.1. The lowest BCUT2D eigenvalue weighted by atomic mass is 10.1. The van der Waals surface area contributed by atoms with Gasteiger partial charge in [-0.2, -0.15) is 0 Å². The molecule has 0 radical (unpaired) electrons. The molecule has 1 aliphatic heterocycles. The van der Waals surface area contributed by atoms with E-state index in [1.807, 2.05) is 6.92 Å². The Bertz CT molecular complexity index is 328. The average Bonchev–Trinajstić information content (AvgIpc) is 2.36. The third-order valence-corrected chi connectivity index (χ3v) is 5.67. The van der Waals surface area contributed by atoms with Crippen molar-refractivity contribution in [3.63, 3.8) is 0 Å². The zero-order chi connectivity index (χ0) is 13.6. The molecule has 1 unspecified atom stereocenters. The fraction of sp³-hybridized carbons (Fsp3) is 1.00. The number of ether oxygens (including phenoxy) is 1. The molecule has 1 N–H and O–H groups in total. The molecule has 1 rings (SSSR count). The minimum atomic E-state index is -3.19. The summed E-state index contributed by atoms with van der Waals surface area (Å²) in [4.78, 5) is 0. The third-order valence-electron chi connectivity index (χ3n) is 3.00. The highest BCUT2D eigenvalue weighted by molar-refractivity contribution is 7.89. The number of aliphatic hydroxyl groups excluding tert-OH is 1. The van der Waals surface area contributed by atoms with Gasteiger partial charge in [-0.25, -0.2) is 12.7 Å². The molecule has 0 aliphatic carbocycles. The van der Waals surface area contributed by atoms with Crippen LogP contribution in [0.2, 0.25) is 0 Å². The van der Waals surface area contributed by atoms with E-state index in [0.717, 1.165) is 0 Å². The number of hydrogen-bond acceptors (Lipinski definition) is 4. The second kappa shape index (κ2) is 7.65. The second-order valence-electron chi connectivity index (χ2n) is 4.73. The van der Waals surface area contributed by atoms with E-state index in [1.54, 1.807) is 0 Å². The van der Waals surface area contributed by atoms with E-state index in [4.69, 9.17) is 21.4 Å². The van der Waals surface area contributed by atoms with Crippen LogP contribution in [0.3, 0.4) is 0 Å². The maximum atomic E-state index is 12.1. The number of piperidine rings is 1. The van der Waals surface area contributed by atoms with Crippen molar-refractivity contribution in [3.8, 4) is 0 Å². The lowest BCUT2D eigenvalue weighted by Crippen LogP contribution is -2.43. The Balaban J connectivity index is 2.42. The molecular weight excluding hydrogens is 278 g/mol. The van der Waals surface area contributed by atoms with Gasteiger partial charge in [-0.3, -0.25) is 0 Å². The molecule has 1 atom stereocenters. The highest BCUT2D eigenvalue weighted by Crippen LogP contribution is 2.18. The molecule has 0 aromatic carbocycles. The van der Waals surface area contributed by atoms with Gasteiger partial charge in [-0.15, -0.1) is 11.6 Å². The zero-order valence-corrected chi connectivity index (χ0v) is 12.3. The van der Waals surface area contributed by atoms with Crippen LogP contribution in [0.5, 0.6) is 0 Å². The second-order valence-corrected chi connectivity index (χ2v) is 7.05. The van der Waals surface area contributed by atoms with Crippen LogP contribution in [0, 0.1) is 5.92 Å². The van der Waals surface area contributed by atoms with Crippen molar-refractivity contribution < 1.29 is 18.3 Å². The van der Waals surface area contributed by atoms with Gasteiger partial charge in [0, 0.05) is 19.0 Å².